The quantitative estimate of drug-likeness (QED) is 0.483. The van der Waals surface area contributed by atoms with Crippen molar-refractivity contribution >= 4 is 11.9 Å². The Hall–Kier alpha value is -4.05. The van der Waals surface area contributed by atoms with Crippen LogP contribution < -0.4 is 4.74 Å². The Bertz CT molecular complexity index is 1230. The fourth-order valence-electron chi connectivity index (χ4n) is 4.11. The molecule has 0 aliphatic heterocycles. The minimum absolute atomic E-state index is 0.0367. The van der Waals surface area contributed by atoms with E-state index in [9.17, 15) is 20.0 Å². The van der Waals surface area contributed by atoms with E-state index in [2.05, 4.69) is 6.07 Å². The SMILES string of the molecule is CCOc1ccc(CCC(=O)O)cc1-c1ccc(-c2c(C#N)c(CC)n(C)c2C(=O)O)cc1. The first kappa shape index (κ1) is 23.6. The summed E-state index contributed by atoms with van der Waals surface area (Å²) in [6.07, 6.45) is 0.984. The van der Waals surface area contributed by atoms with Crippen LogP contribution in [0.25, 0.3) is 22.3 Å². The molecule has 1 heterocycles. The molecule has 7 nitrogen and oxygen atoms in total. The fraction of sp³-hybridized carbons (Fsp3) is 0.269. The lowest BCUT2D eigenvalue weighted by Gasteiger charge is -2.13. The fourth-order valence-corrected chi connectivity index (χ4v) is 4.11. The van der Waals surface area contributed by atoms with E-state index >= 15 is 0 Å². The maximum absolute atomic E-state index is 12.0. The molecule has 7 heteroatoms. The normalized spacial score (nSPS) is 10.6. The number of aliphatic carboxylic acids is 1. The summed E-state index contributed by atoms with van der Waals surface area (Å²) in [5.41, 5.74) is 4.75. The Kier molecular flexibility index (Phi) is 7.19. The van der Waals surface area contributed by atoms with Gasteiger partial charge in [0.15, 0.2) is 0 Å². The van der Waals surface area contributed by atoms with E-state index in [-0.39, 0.29) is 12.1 Å². The van der Waals surface area contributed by atoms with E-state index in [1.54, 1.807) is 23.7 Å². The molecule has 33 heavy (non-hydrogen) atoms. The first-order chi connectivity index (χ1) is 15.8. The first-order valence-corrected chi connectivity index (χ1v) is 10.8. The summed E-state index contributed by atoms with van der Waals surface area (Å²) in [6, 6.07) is 15.1. The van der Waals surface area contributed by atoms with Gasteiger partial charge in [0.1, 0.15) is 17.5 Å². The molecule has 3 rings (SSSR count). The molecule has 0 radical (unpaired) electrons. The van der Waals surface area contributed by atoms with Crippen molar-refractivity contribution in [3.05, 3.63) is 65.0 Å². The summed E-state index contributed by atoms with van der Waals surface area (Å²) < 4.78 is 7.34. The van der Waals surface area contributed by atoms with Gasteiger partial charge in [-0.05, 0) is 48.6 Å². The lowest BCUT2D eigenvalue weighted by atomic mass is 9.95. The van der Waals surface area contributed by atoms with E-state index in [4.69, 9.17) is 9.84 Å². The topological polar surface area (TPSA) is 113 Å². The second-order valence-corrected chi connectivity index (χ2v) is 7.61. The molecule has 1 aromatic heterocycles. The van der Waals surface area contributed by atoms with E-state index < -0.39 is 11.9 Å². The van der Waals surface area contributed by atoms with Gasteiger partial charge in [-0.2, -0.15) is 5.26 Å². The summed E-state index contributed by atoms with van der Waals surface area (Å²) >= 11 is 0. The number of aromatic nitrogens is 1. The van der Waals surface area contributed by atoms with Gasteiger partial charge in [0.25, 0.3) is 0 Å². The van der Waals surface area contributed by atoms with E-state index in [1.165, 1.54) is 0 Å². The van der Waals surface area contributed by atoms with Gasteiger partial charge in [-0.1, -0.05) is 37.3 Å². The van der Waals surface area contributed by atoms with Crippen molar-refractivity contribution in [2.75, 3.05) is 6.61 Å². The molecule has 2 aromatic carbocycles. The maximum Gasteiger partial charge on any atom is 0.353 e. The van der Waals surface area contributed by atoms with Gasteiger partial charge in [-0.15, -0.1) is 0 Å². The Labute approximate surface area is 192 Å². The summed E-state index contributed by atoms with van der Waals surface area (Å²) in [6.45, 7) is 4.26. The zero-order valence-corrected chi connectivity index (χ0v) is 18.9. The summed E-state index contributed by atoms with van der Waals surface area (Å²) in [5, 5.41) is 28.5. The minimum atomic E-state index is -1.09. The lowest BCUT2D eigenvalue weighted by molar-refractivity contribution is -0.136. The van der Waals surface area contributed by atoms with Crippen molar-refractivity contribution in [3.8, 4) is 34.1 Å². The van der Waals surface area contributed by atoms with Crippen LogP contribution in [0.4, 0.5) is 0 Å². The zero-order chi connectivity index (χ0) is 24.1. The van der Waals surface area contributed by atoms with Crippen LogP contribution in [0.2, 0.25) is 0 Å². The average Bonchev–Trinajstić information content (AvgIpc) is 3.10. The number of ether oxygens (including phenoxy) is 1. The van der Waals surface area contributed by atoms with Crippen molar-refractivity contribution in [2.45, 2.75) is 33.1 Å². The monoisotopic (exact) mass is 446 g/mol. The van der Waals surface area contributed by atoms with Gasteiger partial charge in [0.05, 0.1) is 12.2 Å². The van der Waals surface area contributed by atoms with E-state index in [0.717, 1.165) is 16.7 Å². The molecule has 0 amide bonds. The van der Waals surface area contributed by atoms with Gasteiger partial charge in [0, 0.05) is 30.3 Å². The molecule has 2 N–H and O–H groups in total. The third-order valence-corrected chi connectivity index (χ3v) is 5.62. The van der Waals surface area contributed by atoms with Crippen LogP contribution >= 0.6 is 0 Å². The minimum Gasteiger partial charge on any atom is -0.493 e. The molecule has 0 fully saturated rings. The first-order valence-electron chi connectivity index (χ1n) is 10.8. The number of carbonyl (C=O) groups is 2. The van der Waals surface area contributed by atoms with Crippen LogP contribution in [0, 0.1) is 11.3 Å². The average molecular weight is 447 g/mol. The smallest absolute Gasteiger partial charge is 0.353 e. The molecule has 0 atom stereocenters. The molecular formula is C26H26N2O5. The highest BCUT2D eigenvalue weighted by Crippen LogP contribution is 2.36. The van der Waals surface area contributed by atoms with Gasteiger partial charge in [0.2, 0.25) is 0 Å². The number of rotatable bonds is 9. The zero-order valence-electron chi connectivity index (χ0n) is 18.9. The Morgan fingerprint density at radius 3 is 2.27 bits per heavy atom. The number of nitrogens with zero attached hydrogens (tertiary/aromatic N) is 2. The number of aromatic carboxylic acids is 1. The number of benzene rings is 2. The van der Waals surface area contributed by atoms with Crippen LogP contribution in [-0.4, -0.2) is 33.3 Å². The molecular weight excluding hydrogens is 420 g/mol. The third kappa shape index (κ3) is 4.75. The van der Waals surface area contributed by atoms with Crippen molar-refractivity contribution in [2.24, 2.45) is 7.05 Å². The van der Waals surface area contributed by atoms with Crippen LogP contribution in [0.3, 0.4) is 0 Å². The van der Waals surface area contributed by atoms with Gasteiger partial charge in [-0.25, -0.2) is 4.79 Å². The highest BCUT2D eigenvalue weighted by Gasteiger charge is 2.25. The molecule has 0 spiro atoms. The number of nitriles is 1. The lowest BCUT2D eigenvalue weighted by Crippen LogP contribution is -2.07. The van der Waals surface area contributed by atoms with Crippen LogP contribution in [-0.2, 0) is 24.7 Å². The van der Waals surface area contributed by atoms with Crippen molar-refractivity contribution in [3.63, 3.8) is 0 Å². The molecule has 170 valence electrons. The van der Waals surface area contributed by atoms with Crippen LogP contribution in [0.5, 0.6) is 5.75 Å². The van der Waals surface area contributed by atoms with E-state index in [0.29, 0.717) is 47.6 Å². The Morgan fingerprint density at radius 1 is 1.06 bits per heavy atom. The largest absolute Gasteiger partial charge is 0.493 e. The molecule has 0 aliphatic carbocycles. The van der Waals surface area contributed by atoms with Crippen molar-refractivity contribution in [1.29, 1.82) is 5.26 Å². The highest BCUT2D eigenvalue weighted by atomic mass is 16.5. The van der Waals surface area contributed by atoms with Crippen molar-refractivity contribution in [1.82, 2.24) is 4.57 Å². The van der Waals surface area contributed by atoms with Crippen LogP contribution in [0.1, 0.15) is 47.6 Å². The molecule has 0 saturated heterocycles. The molecule has 0 saturated carbocycles. The number of hydrogen-bond acceptors (Lipinski definition) is 4. The summed E-state index contributed by atoms with van der Waals surface area (Å²) in [4.78, 5) is 22.9. The van der Waals surface area contributed by atoms with Crippen molar-refractivity contribution < 1.29 is 24.5 Å². The van der Waals surface area contributed by atoms with Gasteiger partial charge < -0.3 is 19.5 Å². The third-order valence-electron chi connectivity index (χ3n) is 5.62. The second kappa shape index (κ2) is 10.0. The summed E-state index contributed by atoms with van der Waals surface area (Å²) in [7, 11) is 1.66. The molecule has 0 aliphatic rings. The van der Waals surface area contributed by atoms with Crippen LogP contribution in [0.15, 0.2) is 42.5 Å². The van der Waals surface area contributed by atoms with Gasteiger partial charge >= 0.3 is 11.9 Å². The number of aryl methyl sites for hydroxylation is 1. The molecule has 0 bridgehead atoms. The Morgan fingerprint density at radius 2 is 1.73 bits per heavy atom. The second-order valence-electron chi connectivity index (χ2n) is 7.61. The Balaban J connectivity index is 2.09. The highest BCUT2D eigenvalue weighted by molar-refractivity contribution is 5.97. The van der Waals surface area contributed by atoms with E-state index in [1.807, 2.05) is 44.2 Å². The number of hydrogen-bond donors (Lipinski definition) is 2. The summed E-state index contributed by atoms with van der Waals surface area (Å²) in [5.74, 6) is -1.26. The molecule has 3 aromatic rings. The number of carboxylic acids is 2. The molecule has 0 unspecified atom stereocenters. The predicted molar refractivity (Wildman–Crippen MR) is 124 cm³/mol. The standard InChI is InChI=1S/C26H26N2O5/c1-4-21-20(15-27)24(25(26(31)32)28(21)3)18-10-8-17(9-11-18)19-14-16(7-13-23(29)30)6-12-22(19)33-5-2/h6,8-12,14H,4-5,7,13H2,1-3H3,(H,29,30)(H,31,32). The predicted octanol–water partition coefficient (Wildman–Crippen LogP) is 4.91. The number of carboxylic acid groups (broad SMARTS) is 2. The maximum atomic E-state index is 12.0. The van der Waals surface area contributed by atoms with Gasteiger partial charge in [-0.3, -0.25) is 4.79 Å².